The second-order valence-electron chi connectivity index (χ2n) is 2.62. The Balaban J connectivity index is 2.64. The molecule has 0 saturated heterocycles. The Labute approximate surface area is 82.2 Å². The number of ether oxygens (including phenoxy) is 2. The van der Waals surface area contributed by atoms with Gasteiger partial charge in [0.05, 0.1) is 10.9 Å². The number of methoxy groups -OCH3 is 2. The molecule has 0 aliphatic heterocycles. The van der Waals surface area contributed by atoms with Gasteiger partial charge in [-0.3, -0.25) is 0 Å². The van der Waals surface area contributed by atoms with Crippen LogP contribution in [0.5, 0.6) is 0 Å². The van der Waals surface area contributed by atoms with Crippen LogP contribution in [0.4, 0.5) is 0 Å². The molecule has 1 aromatic carbocycles. The van der Waals surface area contributed by atoms with Crippen LogP contribution in [0, 0.1) is 0 Å². The summed E-state index contributed by atoms with van der Waals surface area (Å²) in [5.41, 5.74) is 0. The lowest BCUT2D eigenvalue weighted by Crippen LogP contribution is -2.15. The molecule has 13 heavy (non-hydrogen) atoms. The minimum Gasteiger partial charge on any atom is -0.339 e. The maximum atomic E-state index is 5.14. The lowest BCUT2D eigenvalue weighted by atomic mass is 10.4. The van der Waals surface area contributed by atoms with Gasteiger partial charge in [0.1, 0.15) is 0 Å². The standard InChI is InChI=1S/C10H15O2S/c1-11-8-13(9-12-2)10-6-4-3-5-7-10/h3-7H,8-9H2,1-2H3/q+1. The molecule has 0 unspecified atom stereocenters. The Morgan fingerprint density at radius 1 is 1.00 bits per heavy atom. The van der Waals surface area contributed by atoms with E-state index in [-0.39, 0.29) is 10.9 Å². The molecule has 0 aromatic heterocycles. The van der Waals surface area contributed by atoms with Crippen molar-refractivity contribution in [2.75, 3.05) is 26.1 Å². The van der Waals surface area contributed by atoms with Gasteiger partial charge in [-0.2, -0.15) is 0 Å². The molecule has 0 amide bonds. The largest absolute Gasteiger partial charge is 0.339 e. The van der Waals surface area contributed by atoms with Crippen LogP contribution >= 0.6 is 0 Å². The van der Waals surface area contributed by atoms with Gasteiger partial charge in [-0.15, -0.1) is 0 Å². The first-order valence-corrected chi connectivity index (χ1v) is 5.65. The summed E-state index contributed by atoms with van der Waals surface area (Å²) in [6, 6.07) is 10.3. The van der Waals surface area contributed by atoms with Gasteiger partial charge in [0, 0.05) is 14.2 Å². The molecule has 2 nitrogen and oxygen atoms in total. The lowest BCUT2D eigenvalue weighted by Gasteiger charge is -2.05. The van der Waals surface area contributed by atoms with E-state index in [1.165, 1.54) is 4.90 Å². The molecule has 0 aliphatic carbocycles. The number of hydrogen-bond acceptors (Lipinski definition) is 2. The predicted octanol–water partition coefficient (Wildman–Crippen LogP) is 1.87. The first kappa shape index (κ1) is 10.6. The van der Waals surface area contributed by atoms with E-state index in [9.17, 15) is 0 Å². The minimum atomic E-state index is 0.0677. The fraction of sp³-hybridized carbons (Fsp3) is 0.400. The zero-order valence-corrected chi connectivity index (χ0v) is 8.84. The zero-order chi connectivity index (χ0) is 9.52. The van der Waals surface area contributed by atoms with Crippen molar-refractivity contribution < 1.29 is 9.47 Å². The van der Waals surface area contributed by atoms with Crippen molar-refractivity contribution in [1.29, 1.82) is 0 Å². The van der Waals surface area contributed by atoms with Crippen molar-refractivity contribution in [1.82, 2.24) is 0 Å². The SMILES string of the molecule is COC[S+](COC)c1ccccc1. The summed E-state index contributed by atoms with van der Waals surface area (Å²) in [6.07, 6.45) is 0. The van der Waals surface area contributed by atoms with E-state index < -0.39 is 0 Å². The van der Waals surface area contributed by atoms with Crippen molar-refractivity contribution in [3.63, 3.8) is 0 Å². The Morgan fingerprint density at radius 2 is 1.54 bits per heavy atom. The lowest BCUT2D eigenvalue weighted by molar-refractivity contribution is 0.237. The summed E-state index contributed by atoms with van der Waals surface area (Å²) in [5.74, 6) is 1.47. The Bertz CT molecular complexity index is 220. The molecule has 1 rings (SSSR count). The van der Waals surface area contributed by atoms with E-state index in [2.05, 4.69) is 12.1 Å². The van der Waals surface area contributed by atoms with Crippen molar-refractivity contribution >= 4 is 10.9 Å². The molecule has 0 fully saturated rings. The quantitative estimate of drug-likeness (QED) is 0.674. The van der Waals surface area contributed by atoms with E-state index in [0.717, 1.165) is 11.9 Å². The molecule has 0 bridgehead atoms. The molecule has 0 atom stereocenters. The highest BCUT2D eigenvalue weighted by Gasteiger charge is 2.20. The van der Waals surface area contributed by atoms with E-state index in [1.54, 1.807) is 14.2 Å². The molecular weight excluding hydrogens is 184 g/mol. The second kappa shape index (κ2) is 6.02. The first-order valence-electron chi connectivity index (χ1n) is 4.09. The van der Waals surface area contributed by atoms with Crippen molar-refractivity contribution in [3.05, 3.63) is 30.3 Å². The summed E-state index contributed by atoms with van der Waals surface area (Å²) in [6.45, 7) is 0. The third kappa shape index (κ3) is 3.38. The van der Waals surface area contributed by atoms with Gasteiger partial charge in [0.2, 0.25) is 11.9 Å². The van der Waals surface area contributed by atoms with Gasteiger partial charge in [-0.1, -0.05) is 18.2 Å². The summed E-state index contributed by atoms with van der Waals surface area (Å²) in [7, 11) is 3.51. The molecule has 0 heterocycles. The van der Waals surface area contributed by atoms with Crippen LogP contribution in [0.3, 0.4) is 0 Å². The highest BCUT2D eigenvalue weighted by molar-refractivity contribution is 7.96. The van der Waals surface area contributed by atoms with E-state index in [4.69, 9.17) is 9.47 Å². The topological polar surface area (TPSA) is 18.5 Å². The molecule has 1 aromatic rings. The van der Waals surface area contributed by atoms with Gasteiger partial charge in [0.15, 0.2) is 4.90 Å². The first-order chi connectivity index (χ1) is 6.38. The molecule has 0 N–H and O–H groups in total. The summed E-state index contributed by atoms with van der Waals surface area (Å²) in [5, 5.41) is 0. The highest BCUT2D eigenvalue weighted by Crippen LogP contribution is 2.13. The van der Waals surface area contributed by atoms with E-state index in [1.807, 2.05) is 18.2 Å². The van der Waals surface area contributed by atoms with E-state index >= 15 is 0 Å². The monoisotopic (exact) mass is 199 g/mol. The third-order valence-corrected chi connectivity index (χ3v) is 3.58. The molecule has 72 valence electrons. The molecule has 0 aliphatic rings. The molecule has 0 radical (unpaired) electrons. The van der Waals surface area contributed by atoms with Gasteiger partial charge >= 0.3 is 0 Å². The minimum absolute atomic E-state index is 0.0677. The van der Waals surface area contributed by atoms with Crippen LogP contribution in [0.15, 0.2) is 35.2 Å². The van der Waals surface area contributed by atoms with Gasteiger partial charge in [-0.25, -0.2) is 0 Å². The van der Waals surface area contributed by atoms with Crippen LogP contribution in [0.25, 0.3) is 0 Å². The molecule has 3 heteroatoms. The van der Waals surface area contributed by atoms with Gasteiger partial charge in [-0.05, 0) is 12.1 Å². The zero-order valence-electron chi connectivity index (χ0n) is 8.03. The van der Waals surface area contributed by atoms with Gasteiger partial charge < -0.3 is 9.47 Å². The van der Waals surface area contributed by atoms with Crippen LogP contribution in [-0.4, -0.2) is 26.1 Å². The molecular formula is C10H15O2S+. The van der Waals surface area contributed by atoms with Crippen LogP contribution < -0.4 is 0 Å². The number of hydrogen-bond donors (Lipinski definition) is 0. The summed E-state index contributed by atoms with van der Waals surface area (Å²) in [4.78, 5) is 1.30. The van der Waals surface area contributed by atoms with Crippen molar-refractivity contribution in [3.8, 4) is 0 Å². The fourth-order valence-electron chi connectivity index (χ4n) is 1.07. The number of benzene rings is 1. The van der Waals surface area contributed by atoms with Crippen LogP contribution in [-0.2, 0) is 20.4 Å². The Kier molecular flexibility index (Phi) is 4.90. The average Bonchev–Trinajstić information content (AvgIpc) is 2.19. The maximum Gasteiger partial charge on any atom is 0.215 e. The third-order valence-electron chi connectivity index (χ3n) is 1.60. The Hall–Kier alpha value is -0.510. The Morgan fingerprint density at radius 3 is 2.00 bits per heavy atom. The highest BCUT2D eigenvalue weighted by atomic mass is 32.2. The molecule has 0 saturated carbocycles. The van der Waals surface area contributed by atoms with E-state index in [0.29, 0.717) is 0 Å². The average molecular weight is 199 g/mol. The maximum absolute atomic E-state index is 5.14. The smallest absolute Gasteiger partial charge is 0.215 e. The van der Waals surface area contributed by atoms with Crippen LogP contribution in [0.1, 0.15) is 0 Å². The number of rotatable bonds is 5. The van der Waals surface area contributed by atoms with Crippen molar-refractivity contribution in [2.45, 2.75) is 4.90 Å². The molecule has 0 spiro atoms. The summed E-state index contributed by atoms with van der Waals surface area (Å²) >= 11 is 0. The van der Waals surface area contributed by atoms with Gasteiger partial charge in [0.25, 0.3) is 0 Å². The van der Waals surface area contributed by atoms with Crippen molar-refractivity contribution in [2.24, 2.45) is 0 Å². The fourth-order valence-corrected chi connectivity index (χ4v) is 2.52. The van der Waals surface area contributed by atoms with Crippen LogP contribution in [0.2, 0.25) is 0 Å². The second-order valence-corrected chi connectivity index (χ2v) is 4.55. The predicted molar refractivity (Wildman–Crippen MR) is 55.8 cm³/mol. The summed E-state index contributed by atoms with van der Waals surface area (Å²) < 4.78 is 10.3. The normalized spacial score (nSPS) is 10.7.